The lowest BCUT2D eigenvalue weighted by atomic mass is 10.0. The van der Waals surface area contributed by atoms with Crippen LogP contribution in [-0.4, -0.2) is 46.3 Å². The fourth-order valence-electron chi connectivity index (χ4n) is 4.52. The minimum atomic E-state index is -0.227. The molecule has 0 radical (unpaired) electrons. The molecule has 0 bridgehead atoms. The number of likely N-dealkylation sites (tertiary alicyclic amines) is 1. The number of benzene rings is 2. The molecule has 5 rings (SSSR count). The second kappa shape index (κ2) is 8.11. The van der Waals surface area contributed by atoms with Crippen LogP contribution in [0.1, 0.15) is 31.4 Å². The number of aromatic amines is 1. The summed E-state index contributed by atoms with van der Waals surface area (Å²) < 4.78 is 12.6. The minimum absolute atomic E-state index is 0.000350. The van der Waals surface area contributed by atoms with Crippen molar-refractivity contribution in [3.05, 3.63) is 58.5 Å². The largest absolute Gasteiger partial charge is 0.454 e. The van der Waals surface area contributed by atoms with Crippen molar-refractivity contribution in [2.75, 3.05) is 19.9 Å². The number of rotatable bonds is 5. The van der Waals surface area contributed by atoms with Gasteiger partial charge in [0.2, 0.25) is 12.7 Å². The van der Waals surface area contributed by atoms with E-state index >= 15 is 0 Å². The lowest BCUT2D eigenvalue weighted by molar-refractivity contribution is -0.126. The van der Waals surface area contributed by atoms with E-state index in [1.807, 2.05) is 54.0 Å². The van der Waals surface area contributed by atoms with Gasteiger partial charge in [-0.25, -0.2) is 4.79 Å². The summed E-state index contributed by atoms with van der Waals surface area (Å²) in [7, 11) is 0. The summed E-state index contributed by atoms with van der Waals surface area (Å²) in [5, 5.41) is 3.02. The summed E-state index contributed by atoms with van der Waals surface area (Å²) in [4.78, 5) is 30.3. The summed E-state index contributed by atoms with van der Waals surface area (Å²) in [5.74, 6) is 1.45. The number of aromatic nitrogens is 2. The van der Waals surface area contributed by atoms with Crippen molar-refractivity contribution in [1.29, 1.82) is 0 Å². The van der Waals surface area contributed by atoms with Crippen molar-refractivity contribution in [1.82, 2.24) is 19.8 Å². The van der Waals surface area contributed by atoms with Crippen LogP contribution in [0.15, 0.2) is 47.3 Å². The van der Waals surface area contributed by atoms with Gasteiger partial charge in [-0.05, 0) is 49.6 Å². The number of hydrogen-bond acceptors (Lipinski definition) is 5. The van der Waals surface area contributed by atoms with Gasteiger partial charge in [-0.1, -0.05) is 18.2 Å². The van der Waals surface area contributed by atoms with Crippen LogP contribution < -0.4 is 20.5 Å². The first kappa shape index (κ1) is 19.7. The smallest absolute Gasteiger partial charge is 0.326 e. The molecule has 3 aromatic rings. The number of amides is 1. The van der Waals surface area contributed by atoms with Gasteiger partial charge in [0, 0.05) is 25.7 Å². The quantitative estimate of drug-likeness (QED) is 0.659. The molecule has 1 saturated heterocycles. The Morgan fingerprint density at radius 1 is 1.16 bits per heavy atom. The number of hydrogen-bond donors (Lipinski definition) is 2. The van der Waals surface area contributed by atoms with Crippen LogP contribution in [0.3, 0.4) is 0 Å². The van der Waals surface area contributed by atoms with E-state index in [4.69, 9.17) is 9.47 Å². The topological polar surface area (TPSA) is 88.6 Å². The number of carbonyl (C=O) groups excluding carboxylic acids is 1. The van der Waals surface area contributed by atoms with Crippen molar-refractivity contribution in [2.24, 2.45) is 0 Å². The molecule has 1 fully saturated rings. The minimum Gasteiger partial charge on any atom is -0.454 e. The fraction of sp³-hybridized carbons (Fsp3) is 0.391. The normalized spacial score (nSPS) is 17.7. The van der Waals surface area contributed by atoms with Gasteiger partial charge in [-0.3, -0.25) is 14.3 Å². The van der Waals surface area contributed by atoms with Gasteiger partial charge in [-0.2, -0.15) is 0 Å². The molecule has 3 heterocycles. The van der Waals surface area contributed by atoms with E-state index in [2.05, 4.69) is 15.2 Å². The van der Waals surface area contributed by atoms with Crippen LogP contribution in [0, 0.1) is 0 Å². The third-order valence-electron chi connectivity index (χ3n) is 6.32. The van der Waals surface area contributed by atoms with Gasteiger partial charge < -0.3 is 19.8 Å². The summed E-state index contributed by atoms with van der Waals surface area (Å²) >= 11 is 0. The maximum absolute atomic E-state index is 12.7. The molecule has 0 spiro atoms. The molecular formula is C23H26N4O4. The second-order valence-corrected chi connectivity index (χ2v) is 8.17. The average molecular weight is 422 g/mol. The Balaban J connectivity index is 1.18. The van der Waals surface area contributed by atoms with Gasteiger partial charge in [0.25, 0.3) is 0 Å². The Morgan fingerprint density at radius 3 is 2.77 bits per heavy atom. The zero-order chi connectivity index (χ0) is 21.4. The number of carbonyl (C=O) groups is 1. The van der Waals surface area contributed by atoms with Crippen molar-refractivity contribution in [3.8, 4) is 11.5 Å². The zero-order valence-electron chi connectivity index (χ0n) is 17.5. The maximum Gasteiger partial charge on any atom is 0.326 e. The van der Waals surface area contributed by atoms with E-state index in [0.717, 1.165) is 54.0 Å². The van der Waals surface area contributed by atoms with Gasteiger partial charge in [0.15, 0.2) is 11.5 Å². The average Bonchev–Trinajstić information content (AvgIpc) is 3.40. The first-order valence-electron chi connectivity index (χ1n) is 10.7. The third kappa shape index (κ3) is 3.79. The molecule has 2 aliphatic rings. The van der Waals surface area contributed by atoms with E-state index in [0.29, 0.717) is 6.54 Å². The maximum atomic E-state index is 12.7. The Labute approximate surface area is 179 Å². The molecule has 1 atom stereocenters. The lowest BCUT2D eigenvalue weighted by Gasteiger charge is -2.35. The Bertz CT molecular complexity index is 1160. The SMILES string of the molecule is CC(C(=O)NCc1ccc2c(c1)OCO2)N1CCC(n2c(=O)[nH]c3ccccc32)CC1. The molecule has 8 nitrogen and oxygen atoms in total. The lowest BCUT2D eigenvalue weighted by Crippen LogP contribution is -2.48. The number of para-hydroxylation sites is 2. The molecule has 2 aliphatic heterocycles. The molecule has 1 unspecified atom stereocenters. The molecule has 0 aliphatic carbocycles. The number of nitrogens with zero attached hydrogens (tertiary/aromatic N) is 2. The number of ether oxygens (including phenoxy) is 2. The predicted molar refractivity (Wildman–Crippen MR) is 116 cm³/mol. The zero-order valence-corrected chi connectivity index (χ0v) is 17.5. The molecule has 162 valence electrons. The van der Waals surface area contributed by atoms with Crippen LogP contribution in [-0.2, 0) is 11.3 Å². The second-order valence-electron chi connectivity index (χ2n) is 8.17. The van der Waals surface area contributed by atoms with E-state index in [9.17, 15) is 9.59 Å². The molecule has 1 aromatic heterocycles. The van der Waals surface area contributed by atoms with Crippen LogP contribution in [0.4, 0.5) is 0 Å². The summed E-state index contributed by atoms with van der Waals surface area (Å²) in [6.07, 6.45) is 1.67. The molecule has 8 heteroatoms. The monoisotopic (exact) mass is 422 g/mol. The molecular weight excluding hydrogens is 396 g/mol. The Morgan fingerprint density at radius 2 is 1.94 bits per heavy atom. The number of piperidine rings is 1. The van der Waals surface area contributed by atoms with E-state index < -0.39 is 0 Å². The standard InChI is InChI=1S/C23H26N4O4/c1-15(22(28)24-13-16-6-7-20-21(12-16)31-14-30-20)26-10-8-17(9-11-26)27-19-5-3-2-4-18(19)25-23(27)29/h2-7,12,15,17H,8-11,13-14H2,1H3,(H,24,28)(H,25,29). The van der Waals surface area contributed by atoms with Crippen LogP contribution in [0.25, 0.3) is 11.0 Å². The van der Waals surface area contributed by atoms with Crippen LogP contribution >= 0.6 is 0 Å². The Hall–Kier alpha value is -3.26. The van der Waals surface area contributed by atoms with Crippen molar-refractivity contribution in [2.45, 2.75) is 38.4 Å². The van der Waals surface area contributed by atoms with Crippen molar-refractivity contribution in [3.63, 3.8) is 0 Å². The van der Waals surface area contributed by atoms with Gasteiger partial charge in [-0.15, -0.1) is 0 Å². The number of nitrogens with one attached hydrogen (secondary N) is 2. The highest BCUT2D eigenvalue weighted by Crippen LogP contribution is 2.32. The van der Waals surface area contributed by atoms with Crippen molar-refractivity contribution < 1.29 is 14.3 Å². The summed E-state index contributed by atoms with van der Waals surface area (Å²) in [6.45, 7) is 4.17. The van der Waals surface area contributed by atoms with Crippen LogP contribution in [0.2, 0.25) is 0 Å². The number of fused-ring (bicyclic) bond motifs is 2. The molecule has 31 heavy (non-hydrogen) atoms. The third-order valence-corrected chi connectivity index (χ3v) is 6.32. The van der Waals surface area contributed by atoms with Gasteiger partial charge in [0.05, 0.1) is 17.1 Å². The highest BCUT2D eigenvalue weighted by atomic mass is 16.7. The van der Waals surface area contributed by atoms with E-state index in [1.165, 1.54) is 0 Å². The first-order valence-corrected chi connectivity index (χ1v) is 10.7. The van der Waals surface area contributed by atoms with E-state index in [-0.39, 0.29) is 30.5 Å². The molecule has 1 amide bonds. The van der Waals surface area contributed by atoms with E-state index in [1.54, 1.807) is 0 Å². The van der Waals surface area contributed by atoms with Gasteiger partial charge >= 0.3 is 5.69 Å². The summed E-state index contributed by atoms with van der Waals surface area (Å²) in [6, 6.07) is 13.4. The number of imidazole rings is 1. The molecule has 2 aromatic carbocycles. The Kier molecular flexibility index (Phi) is 5.15. The fourth-order valence-corrected chi connectivity index (χ4v) is 4.52. The highest BCUT2D eigenvalue weighted by molar-refractivity contribution is 5.81. The predicted octanol–water partition coefficient (Wildman–Crippen LogP) is 2.40. The first-order chi connectivity index (χ1) is 15.1. The number of H-pyrrole nitrogens is 1. The van der Waals surface area contributed by atoms with Gasteiger partial charge in [0.1, 0.15) is 0 Å². The molecule has 0 saturated carbocycles. The highest BCUT2D eigenvalue weighted by Gasteiger charge is 2.28. The molecule has 2 N–H and O–H groups in total. The van der Waals surface area contributed by atoms with Crippen LogP contribution in [0.5, 0.6) is 11.5 Å². The van der Waals surface area contributed by atoms with Crippen molar-refractivity contribution >= 4 is 16.9 Å². The summed E-state index contributed by atoms with van der Waals surface area (Å²) in [5.41, 5.74) is 2.73.